The van der Waals surface area contributed by atoms with Crippen LogP contribution in [0.3, 0.4) is 0 Å². The number of ether oxygens (including phenoxy) is 1. The summed E-state index contributed by atoms with van der Waals surface area (Å²) in [6.07, 6.45) is -11.2. The summed E-state index contributed by atoms with van der Waals surface area (Å²) in [5.41, 5.74) is -0.890. The maximum atomic E-state index is 14.8. The molecule has 0 aliphatic heterocycles. The van der Waals surface area contributed by atoms with Gasteiger partial charge in [-0.05, 0) is 42.8 Å². The molecule has 0 aromatic heterocycles. The minimum Gasteiger partial charge on any atom is -0.430 e. The topological polar surface area (TPSA) is 35.2 Å². The van der Waals surface area contributed by atoms with Crippen molar-refractivity contribution in [2.24, 2.45) is 0 Å². The third-order valence-electron chi connectivity index (χ3n) is 3.52. The van der Waals surface area contributed by atoms with Crippen molar-refractivity contribution in [3.8, 4) is 5.75 Å². The Morgan fingerprint density at radius 2 is 1.48 bits per heavy atom. The molecule has 1 unspecified atom stereocenters. The minimum atomic E-state index is -5.95. The van der Waals surface area contributed by atoms with Crippen molar-refractivity contribution in [1.29, 1.82) is 0 Å². The van der Waals surface area contributed by atoms with E-state index in [0.29, 0.717) is 12.1 Å². The zero-order chi connectivity index (χ0) is 19.0. The van der Waals surface area contributed by atoms with E-state index in [1.165, 1.54) is 6.92 Å². The first-order valence-electron chi connectivity index (χ1n) is 6.83. The number of anilines is 1. The van der Waals surface area contributed by atoms with E-state index >= 15 is 0 Å². The fraction of sp³-hybridized carbons (Fsp3) is 0.250. The van der Waals surface area contributed by atoms with E-state index in [-0.39, 0.29) is 16.3 Å². The highest BCUT2D eigenvalue weighted by Crippen LogP contribution is 2.53. The second-order valence-electron chi connectivity index (χ2n) is 5.30. The molecule has 25 heavy (non-hydrogen) atoms. The Bertz CT molecular complexity index is 762. The summed E-state index contributed by atoms with van der Waals surface area (Å²) in [4.78, 5) is 0. The van der Waals surface area contributed by atoms with Gasteiger partial charge in [-0.3, -0.25) is 0 Å². The van der Waals surface area contributed by atoms with Gasteiger partial charge in [0.1, 0.15) is 5.75 Å². The number of hydrogen-bond donors (Lipinski definition) is 1. The van der Waals surface area contributed by atoms with Crippen LogP contribution in [0.1, 0.15) is 11.1 Å². The van der Waals surface area contributed by atoms with Crippen LogP contribution in [0.5, 0.6) is 5.75 Å². The molecule has 2 aromatic rings. The first kappa shape index (κ1) is 19.2. The Balaban J connectivity index is 2.54. The molecule has 0 heterocycles. The molecule has 0 aliphatic rings. The van der Waals surface area contributed by atoms with Crippen LogP contribution in [-0.4, -0.2) is 12.3 Å². The number of rotatable bonds is 4. The number of nitrogen functional groups attached to an aromatic ring is 1. The summed E-state index contributed by atoms with van der Waals surface area (Å²) in [5.74, 6) is -0.673. The van der Waals surface area contributed by atoms with Gasteiger partial charge < -0.3 is 10.5 Å². The van der Waals surface area contributed by atoms with Gasteiger partial charge in [0.25, 0.3) is 0 Å². The van der Waals surface area contributed by atoms with E-state index in [4.69, 9.17) is 17.3 Å². The van der Waals surface area contributed by atoms with Gasteiger partial charge in [-0.1, -0.05) is 23.7 Å². The molecule has 0 saturated heterocycles. The van der Waals surface area contributed by atoms with Crippen LogP contribution in [0, 0.1) is 6.92 Å². The van der Waals surface area contributed by atoms with Crippen molar-refractivity contribution in [3.05, 3.63) is 58.6 Å². The highest BCUT2D eigenvalue weighted by atomic mass is 35.5. The van der Waals surface area contributed by atoms with Gasteiger partial charge in [0.2, 0.25) is 0 Å². The molecule has 0 spiro atoms. The first-order valence-corrected chi connectivity index (χ1v) is 7.21. The average molecular weight is 384 g/mol. The number of nitrogens with two attached hydrogens (primary N) is 1. The molecule has 2 N–H and O–H groups in total. The van der Waals surface area contributed by atoms with E-state index in [2.05, 4.69) is 4.74 Å². The van der Waals surface area contributed by atoms with Crippen molar-refractivity contribution in [2.45, 2.75) is 24.9 Å². The molecule has 2 nitrogen and oxygen atoms in total. The van der Waals surface area contributed by atoms with Crippen molar-refractivity contribution >= 4 is 17.3 Å². The lowest BCUT2D eigenvalue weighted by atomic mass is 9.91. The molecule has 1 atom stereocenters. The van der Waals surface area contributed by atoms with Crippen molar-refractivity contribution < 1.29 is 31.1 Å². The van der Waals surface area contributed by atoms with Gasteiger partial charge in [0.05, 0.1) is 0 Å². The molecule has 0 saturated carbocycles. The summed E-state index contributed by atoms with van der Waals surface area (Å²) in [5, 5.41) is 0.146. The molecule has 2 rings (SSSR count). The van der Waals surface area contributed by atoms with E-state index in [9.17, 15) is 26.3 Å². The molecular formula is C16H12ClF6NO. The highest BCUT2D eigenvalue weighted by molar-refractivity contribution is 6.30. The van der Waals surface area contributed by atoms with Crippen LogP contribution in [0.15, 0.2) is 42.5 Å². The predicted molar refractivity (Wildman–Crippen MR) is 81.5 cm³/mol. The molecule has 0 bridgehead atoms. The Morgan fingerprint density at radius 3 is 1.96 bits per heavy atom. The van der Waals surface area contributed by atoms with Crippen molar-refractivity contribution in [2.75, 3.05) is 5.73 Å². The lowest BCUT2D eigenvalue weighted by Gasteiger charge is -2.34. The second-order valence-corrected chi connectivity index (χ2v) is 5.74. The maximum absolute atomic E-state index is 14.8. The van der Waals surface area contributed by atoms with E-state index in [1.807, 2.05) is 0 Å². The minimum absolute atomic E-state index is 0.0195. The van der Waals surface area contributed by atoms with Crippen LogP contribution >= 0.6 is 11.6 Å². The van der Waals surface area contributed by atoms with Crippen LogP contribution in [-0.2, 0) is 5.67 Å². The van der Waals surface area contributed by atoms with Crippen molar-refractivity contribution in [1.82, 2.24) is 0 Å². The zero-order valence-corrected chi connectivity index (χ0v) is 13.4. The lowest BCUT2D eigenvalue weighted by molar-refractivity contribution is -0.364. The average Bonchev–Trinajstić information content (AvgIpc) is 2.50. The molecule has 0 fully saturated rings. The molecule has 136 valence electrons. The van der Waals surface area contributed by atoms with Gasteiger partial charge in [-0.15, -0.1) is 0 Å². The molecule has 9 heteroatoms. The standard InChI is InChI=1S/C16H12ClF6NO/c1-9-8-10(2-7-13(9)24)14(18,15(19,20)21)16(22,23)25-12-5-3-11(17)4-6-12/h2-8H,24H2,1H3. The first-order chi connectivity index (χ1) is 11.4. The Labute approximate surface area is 144 Å². The highest BCUT2D eigenvalue weighted by Gasteiger charge is 2.74. The molecule has 0 amide bonds. The molecule has 2 aromatic carbocycles. The summed E-state index contributed by atoms with van der Waals surface area (Å²) >= 11 is 5.56. The zero-order valence-electron chi connectivity index (χ0n) is 12.7. The Morgan fingerprint density at radius 1 is 0.920 bits per heavy atom. The molecule has 0 aliphatic carbocycles. The Hall–Kier alpha value is -2.09. The van der Waals surface area contributed by atoms with E-state index < -0.39 is 29.3 Å². The van der Waals surface area contributed by atoms with Crippen LogP contribution < -0.4 is 10.5 Å². The van der Waals surface area contributed by atoms with Gasteiger partial charge in [-0.25, -0.2) is 4.39 Å². The number of halogens is 7. The largest absolute Gasteiger partial charge is 0.446 e. The van der Waals surface area contributed by atoms with Gasteiger partial charge in [-0.2, -0.15) is 22.0 Å². The lowest BCUT2D eigenvalue weighted by Crippen LogP contribution is -2.55. The maximum Gasteiger partial charge on any atom is 0.446 e. The third kappa shape index (κ3) is 3.49. The predicted octanol–water partition coefficient (Wildman–Crippen LogP) is 5.63. The number of aryl methyl sites for hydroxylation is 1. The SMILES string of the molecule is Cc1cc(C(F)(C(F)(F)F)C(F)(F)Oc2ccc(Cl)cc2)ccc1N. The summed E-state index contributed by atoms with van der Waals surface area (Å²) in [7, 11) is 0. The molecular weight excluding hydrogens is 372 g/mol. The second kappa shape index (κ2) is 6.33. The number of benzene rings is 2. The van der Waals surface area contributed by atoms with Crippen molar-refractivity contribution in [3.63, 3.8) is 0 Å². The quantitative estimate of drug-likeness (QED) is 0.548. The molecule has 0 radical (unpaired) electrons. The monoisotopic (exact) mass is 383 g/mol. The van der Waals surface area contributed by atoms with E-state index in [0.717, 1.165) is 30.3 Å². The van der Waals surface area contributed by atoms with Gasteiger partial charge >= 0.3 is 18.0 Å². The Kier molecular flexibility index (Phi) is 4.87. The smallest absolute Gasteiger partial charge is 0.430 e. The number of alkyl halides is 6. The normalized spacial score (nSPS) is 14.9. The third-order valence-corrected chi connectivity index (χ3v) is 3.77. The summed E-state index contributed by atoms with van der Waals surface area (Å²) < 4.78 is 87.3. The van der Waals surface area contributed by atoms with Crippen LogP contribution in [0.25, 0.3) is 0 Å². The summed E-state index contributed by atoms with van der Waals surface area (Å²) in [6, 6.07) is 6.13. The summed E-state index contributed by atoms with van der Waals surface area (Å²) in [6.45, 7) is 1.27. The van der Waals surface area contributed by atoms with Gasteiger partial charge in [0, 0.05) is 16.3 Å². The van der Waals surface area contributed by atoms with Crippen LogP contribution in [0.4, 0.5) is 32.0 Å². The fourth-order valence-corrected chi connectivity index (χ4v) is 2.23. The number of hydrogen-bond acceptors (Lipinski definition) is 2. The van der Waals surface area contributed by atoms with Gasteiger partial charge in [0.15, 0.2) is 0 Å². The van der Waals surface area contributed by atoms with Crippen LogP contribution in [0.2, 0.25) is 5.02 Å². The van der Waals surface area contributed by atoms with E-state index in [1.54, 1.807) is 0 Å². The fourth-order valence-electron chi connectivity index (χ4n) is 2.11.